The third-order valence-corrected chi connectivity index (χ3v) is 5.47. The zero-order valence-corrected chi connectivity index (χ0v) is 13.1. The SMILES string of the molecule is NC(c1ccccc1Cl)c1csc2c(Br)cccc12. The maximum Gasteiger partial charge on any atom is 0.0580 e. The van der Waals surface area contributed by atoms with Crippen molar-refractivity contribution in [1.82, 2.24) is 0 Å². The van der Waals surface area contributed by atoms with Crippen molar-refractivity contribution in [2.75, 3.05) is 0 Å². The molecule has 0 saturated carbocycles. The standard InChI is InChI=1S/C15H11BrClNS/c16-12-6-3-5-9-11(8-19-15(9)12)14(18)10-4-1-2-7-13(10)17/h1-8,14H,18H2. The lowest BCUT2D eigenvalue weighted by Gasteiger charge is -2.13. The fraction of sp³-hybridized carbons (Fsp3) is 0.0667. The van der Waals surface area contributed by atoms with Gasteiger partial charge in [0.15, 0.2) is 0 Å². The molecule has 1 nitrogen and oxygen atoms in total. The minimum Gasteiger partial charge on any atom is -0.320 e. The lowest BCUT2D eigenvalue weighted by molar-refractivity contribution is 0.885. The van der Waals surface area contributed by atoms with Gasteiger partial charge in [0.2, 0.25) is 0 Å². The second-order valence-electron chi connectivity index (χ2n) is 4.31. The fourth-order valence-electron chi connectivity index (χ4n) is 2.18. The van der Waals surface area contributed by atoms with Crippen LogP contribution in [-0.2, 0) is 0 Å². The first kappa shape index (κ1) is 13.1. The molecule has 2 aromatic carbocycles. The van der Waals surface area contributed by atoms with E-state index in [0.29, 0.717) is 5.02 Å². The van der Waals surface area contributed by atoms with Gasteiger partial charge in [-0.05, 0) is 50.0 Å². The van der Waals surface area contributed by atoms with E-state index in [1.807, 2.05) is 36.4 Å². The van der Waals surface area contributed by atoms with Crippen LogP contribution in [0.3, 0.4) is 0 Å². The number of nitrogens with two attached hydrogens (primary N) is 1. The molecule has 0 saturated heterocycles. The van der Waals surface area contributed by atoms with E-state index < -0.39 is 0 Å². The molecule has 1 aromatic heterocycles. The van der Waals surface area contributed by atoms with Gasteiger partial charge in [0.1, 0.15) is 0 Å². The highest BCUT2D eigenvalue weighted by Crippen LogP contribution is 2.37. The van der Waals surface area contributed by atoms with Crippen LogP contribution in [0.2, 0.25) is 5.02 Å². The molecule has 1 heterocycles. The van der Waals surface area contributed by atoms with Gasteiger partial charge in [-0.1, -0.05) is 41.9 Å². The number of hydrogen-bond acceptors (Lipinski definition) is 2. The van der Waals surface area contributed by atoms with Gasteiger partial charge < -0.3 is 5.73 Å². The Bertz CT molecular complexity index is 738. The number of thiophene rings is 1. The first-order valence-electron chi connectivity index (χ1n) is 5.84. The van der Waals surface area contributed by atoms with Crippen molar-refractivity contribution in [3.8, 4) is 0 Å². The molecule has 0 aliphatic rings. The Hall–Kier alpha value is -0.870. The van der Waals surface area contributed by atoms with E-state index in [4.69, 9.17) is 17.3 Å². The molecule has 2 N–H and O–H groups in total. The average molecular weight is 353 g/mol. The summed E-state index contributed by atoms with van der Waals surface area (Å²) in [5, 5.41) is 4.01. The fourth-order valence-corrected chi connectivity index (χ4v) is 4.09. The van der Waals surface area contributed by atoms with Crippen LogP contribution in [-0.4, -0.2) is 0 Å². The van der Waals surface area contributed by atoms with Crippen LogP contribution in [0.25, 0.3) is 10.1 Å². The summed E-state index contributed by atoms with van der Waals surface area (Å²) in [7, 11) is 0. The molecule has 0 fully saturated rings. The minimum atomic E-state index is -0.197. The van der Waals surface area contributed by atoms with Gasteiger partial charge in [0.25, 0.3) is 0 Å². The highest BCUT2D eigenvalue weighted by molar-refractivity contribution is 9.10. The van der Waals surface area contributed by atoms with Crippen molar-refractivity contribution in [3.05, 3.63) is 68.5 Å². The molecular weight excluding hydrogens is 342 g/mol. The number of halogens is 2. The molecule has 0 spiro atoms. The molecule has 0 bridgehead atoms. The Morgan fingerprint density at radius 2 is 1.84 bits per heavy atom. The van der Waals surface area contributed by atoms with Crippen molar-refractivity contribution in [1.29, 1.82) is 0 Å². The Labute approximate surface area is 129 Å². The maximum absolute atomic E-state index is 6.38. The molecule has 96 valence electrons. The highest BCUT2D eigenvalue weighted by Gasteiger charge is 2.16. The summed E-state index contributed by atoms with van der Waals surface area (Å²) < 4.78 is 2.33. The summed E-state index contributed by atoms with van der Waals surface area (Å²) in [6.07, 6.45) is 0. The average Bonchev–Trinajstić information content (AvgIpc) is 2.84. The van der Waals surface area contributed by atoms with Crippen LogP contribution in [0, 0.1) is 0 Å². The van der Waals surface area contributed by atoms with E-state index in [0.717, 1.165) is 15.6 Å². The molecule has 3 aromatic rings. The summed E-state index contributed by atoms with van der Waals surface area (Å²) in [5.41, 5.74) is 8.47. The molecule has 1 atom stereocenters. The second-order valence-corrected chi connectivity index (χ2v) is 6.45. The quantitative estimate of drug-likeness (QED) is 0.659. The molecule has 0 aliphatic heterocycles. The number of rotatable bonds is 2. The lowest BCUT2D eigenvalue weighted by atomic mass is 9.99. The molecule has 19 heavy (non-hydrogen) atoms. The molecule has 3 rings (SSSR count). The Kier molecular flexibility index (Phi) is 3.63. The van der Waals surface area contributed by atoms with E-state index >= 15 is 0 Å². The van der Waals surface area contributed by atoms with Crippen molar-refractivity contribution >= 4 is 49.0 Å². The van der Waals surface area contributed by atoms with Gasteiger partial charge >= 0.3 is 0 Å². The van der Waals surface area contributed by atoms with Crippen LogP contribution in [0.15, 0.2) is 52.3 Å². The second kappa shape index (κ2) is 5.25. The van der Waals surface area contributed by atoms with Gasteiger partial charge in [-0.25, -0.2) is 0 Å². The van der Waals surface area contributed by atoms with Crippen LogP contribution in [0.5, 0.6) is 0 Å². The van der Waals surface area contributed by atoms with E-state index in [2.05, 4.69) is 27.4 Å². The van der Waals surface area contributed by atoms with Crippen molar-refractivity contribution < 1.29 is 0 Å². The summed E-state index contributed by atoms with van der Waals surface area (Å²) in [5.74, 6) is 0. The largest absolute Gasteiger partial charge is 0.320 e. The van der Waals surface area contributed by atoms with Crippen LogP contribution in [0.4, 0.5) is 0 Å². The monoisotopic (exact) mass is 351 g/mol. The third kappa shape index (κ3) is 2.32. The Morgan fingerprint density at radius 3 is 2.63 bits per heavy atom. The van der Waals surface area contributed by atoms with Crippen LogP contribution >= 0.6 is 38.9 Å². The highest BCUT2D eigenvalue weighted by atomic mass is 79.9. The smallest absolute Gasteiger partial charge is 0.0580 e. The van der Waals surface area contributed by atoms with E-state index in [-0.39, 0.29) is 6.04 Å². The van der Waals surface area contributed by atoms with Gasteiger partial charge in [0.05, 0.1) is 6.04 Å². The summed E-state index contributed by atoms with van der Waals surface area (Å²) in [4.78, 5) is 0. The van der Waals surface area contributed by atoms with E-state index in [9.17, 15) is 0 Å². The van der Waals surface area contributed by atoms with Gasteiger partial charge in [-0.15, -0.1) is 11.3 Å². The third-order valence-electron chi connectivity index (χ3n) is 3.16. The van der Waals surface area contributed by atoms with Gasteiger partial charge in [-0.3, -0.25) is 0 Å². The Morgan fingerprint density at radius 1 is 1.05 bits per heavy atom. The molecule has 0 radical (unpaired) electrons. The summed E-state index contributed by atoms with van der Waals surface area (Å²) in [6.45, 7) is 0. The van der Waals surface area contributed by atoms with Crippen molar-refractivity contribution in [3.63, 3.8) is 0 Å². The number of fused-ring (bicyclic) bond motifs is 1. The van der Waals surface area contributed by atoms with Crippen molar-refractivity contribution in [2.24, 2.45) is 5.73 Å². The van der Waals surface area contributed by atoms with Gasteiger partial charge in [-0.2, -0.15) is 0 Å². The predicted octanol–water partition coefficient (Wildman–Crippen LogP) is 5.37. The predicted molar refractivity (Wildman–Crippen MR) is 87.0 cm³/mol. The van der Waals surface area contributed by atoms with Crippen LogP contribution < -0.4 is 5.73 Å². The molecule has 1 unspecified atom stereocenters. The topological polar surface area (TPSA) is 26.0 Å². The van der Waals surface area contributed by atoms with E-state index in [1.165, 1.54) is 10.1 Å². The summed E-state index contributed by atoms with van der Waals surface area (Å²) in [6, 6.07) is 13.7. The summed E-state index contributed by atoms with van der Waals surface area (Å²) >= 11 is 11.5. The first-order valence-corrected chi connectivity index (χ1v) is 7.89. The Balaban J connectivity index is 2.15. The van der Waals surface area contributed by atoms with Crippen LogP contribution in [0.1, 0.15) is 17.2 Å². The molecule has 0 amide bonds. The molecule has 0 aliphatic carbocycles. The normalized spacial score (nSPS) is 12.8. The van der Waals surface area contributed by atoms with E-state index in [1.54, 1.807) is 11.3 Å². The number of hydrogen-bond donors (Lipinski definition) is 1. The van der Waals surface area contributed by atoms with Crippen molar-refractivity contribution in [2.45, 2.75) is 6.04 Å². The molecular formula is C15H11BrClNS. The lowest BCUT2D eigenvalue weighted by Crippen LogP contribution is -2.11. The maximum atomic E-state index is 6.38. The van der Waals surface area contributed by atoms with Gasteiger partial charge in [0, 0.05) is 14.2 Å². The zero-order valence-electron chi connectivity index (χ0n) is 9.94. The first-order chi connectivity index (χ1) is 9.18. The number of benzene rings is 2. The molecule has 4 heteroatoms. The minimum absolute atomic E-state index is 0.197. The zero-order chi connectivity index (χ0) is 13.4.